The van der Waals surface area contributed by atoms with Gasteiger partial charge in [-0.1, -0.05) is 42.5 Å². The molecule has 0 saturated carbocycles. The van der Waals surface area contributed by atoms with E-state index >= 15 is 0 Å². The van der Waals surface area contributed by atoms with Gasteiger partial charge in [0.1, 0.15) is 11.9 Å². The van der Waals surface area contributed by atoms with Gasteiger partial charge in [-0.05, 0) is 17.7 Å². The molecule has 1 heterocycles. The van der Waals surface area contributed by atoms with Crippen LogP contribution in [0.2, 0.25) is 0 Å². The van der Waals surface area contributed by atoms with Gasteiger partial charge < -0.3 is 9.84 Å². The summed E-state index contributed by atoms with van der Waals surface area (Å²) in [6.07, 6.45) is -0.755. The van der Waals surface area contributed by atoms with Gasteiger partial charge in [-0.15, -0.1) is 0 Å². The molecule has 1 atom stereocenters. The lowest BCUT2D eigenvalue weighted by molar-refractivity contribution is 0.215. The minimum Gasteiger partial charge on any atom is -0.496 e. The van der Waals surface area contributed by atoms with Gasteiger partial charge in [0.2, 0.25) is 0 Å². The van der Waals surface area contributed by atoms with Gasteiger partial charge >= 0.3 is 0 Å². The number of rotatable bonds is 3. The number of methoxy groups -OCH3 is 1. The molecule has 20 heavy (non-hydrogen) atoms. The van der Waals surface area contributed by atoms with Crippen LogP contribution in [0.5, 0.6) is 5.75 Å². The first kappa shape index (κ1) is 12.6. The number of aromatic nitrogens is 1. The number of pyridine rings is 1. The Bertz CT molecular complexity index is 725. The van der Waals surface area contributed by atoms with E-state index in [2.05, 4.69) is 4.98 Å². The van der Waals surface area contributed by atoms with Gasteiger partial charge in [-0.3, -0.25) is 0 Å². The highest BCUT2D eigenvalue weighted by Gasteiger charge is 2.14. The van der Waals surface area contributed by atoms with E-state index in [0.717, 1.165) is 22.2 Å². The molecule has 0 spiro atoms. The van der Waals surface area contributed by atoms with Crippen molar-refractivity contribution in [3.8, 4) is 5.75 Å². The van der Waals surface area contributed by atoms with Crippen LogP contribution in [-0.2, 0) is 0 Å². The topological polar surface area (TPSA) is 42.4 Å². The molecule has 2 aromatic carbocycles. The molecule has 0 radical (unpaired) electrons. The molecule has 0 saturated heterocycles. The van der Waals surface area contributed by atoms with E-state index in [4.69, 9.17) is 4.74 Å². The normalized spacial score (nSPS) is 12.3. The Labute approximate surface area is 117 Å². The van der Waals surface area contributed by atoms with E-state index in [0.29, 0.717) is 5.69 Å². The van der Waals surface area contributed by atoms with Crippen molar-refractivity contribution in [1.29, 1.82) is 0 Å². The second kappa shape index (κ2) is 5.31. The second-order valence-electron chi connectivity index (χ2n) is 4.58. The molecule has 0 aliphatic rings. The maximum absolute atomic E-state index is 10.5. The molecule has 0 aliphatic heterocycles. The van der Waals surface area contributed by atoms with Gasteiger partial charge in [0, 0.05) is 11.5 Å². The van der Waals surface area contributed by atoms with E-state index in [-0.39, 0.29) is 0 Å². The van der Waals surface area contributed by atoms with Gasteiger partial charge in [0.15, 0.2) is 0 Å². The van der Waals surface area contributed by atoms with E-state index < -0.39 is 6.10 Å². The van der Waals surface area contributed by atoms with Crippen molar-refractivity contribution in [2.45, 2.75) is 6.10 Å². The summed E-state index contributed by atoms with van der Waals surface area (Å²) >= 11 is 0. The van der Waals surface area contributed by atoms with Crippen LogP contribution in [0.15, 0.2) is 60.7 Å². The lowest BCUT2D eigenvalue weighted by Gasteiger charge is -2.13. The number of hydrogen-bond donors (Lipinski definition) is 1. The molecular weight excluding hydrogens is 250 g/mol. The Morgan fingerprint density at radius 2 is 1.70 bits per heavy atom. The first-order valence-electron chi connectivity index (χ1n) is 6.46. The molecule has 0 bridgehead atoms. The minimum atomic E-state index is -0.755. The predicted molar refractivity (Wildman–Crippen MR) is 78.8 cm³/mol. The maximum atomic E-state index is 10.5. The van der Waals surface area contributed by atoms with Crippen LogP contribution in [0.4, 0.5) is 0 Å². The van der Waals surface area contributed by atoms with Gasteiger partial charge in [0.05, 0.1) is 18.3 Å². The zero-order valence-electron chi connectivity index (χ0n) is 11.2. The van der Waals surface area contributed by atoms with E-state index in [1.54, 1.807) is 13.2 Å². The number of nitrogens with zero attached hydrogens (tertiary/aromatic N) is 1. The Hall–Kier alpha value is -2.39. The minimum absolute atomic E-state index is 0.590. The van der Waals surface area contributed by atoms with Crippen molar-refractivity contribution >= 4 is 10.9 Å². The highest BCUT2D eigenvalue weighted by atomic mass is 16.5. The molecule has 0 amide bonds. The van der Waals surface area contributed by atoms with Crippen LogP contribution in [0.3, 0.4) is 0 Å². The predicted octanol–water partition coefficient (Wildman–Crippen LogP) is 3.33. The molecule has 1 aromatic heterocycles. The summed E-state index contributed by atoms with van der Waals surface area (Å²) < 4.78 is 5.40. The molecule has 1 N–H and O–H groups in total. The van der Waals surface area contributed by atoms with Crippen molar-refractivity contribution in [1.82, 2.24) is 4.98 Å². The lowest BCUT2D eigenvalue weighted by atomic mass is 10.0. The third kappa shape index (κ3) is 2.24. The summed E-state index contributed by atoms with van der Waals surface area (Å²) in [4.78, 5) is 4.53. The average Bonchev–Trinajstić information content (AvgIpc) is 2.54. The molecule has 0 unspecified atom stereocenters. The number of aliphatic hydroxyl groups is 1. The van der Waals surface area contributed by atoms with Crippen molar-refractivity contribution in [2.75, 3.05) is 7.11 Å². The average molecular weight is 265 g/mol. The fraction of sp³-hybridized carbons (Fsp3) is 0.118. The first-order chi connectivity index (χ1) is 9.79. The first-order valence-corrected chi connectivity index (χ1v) is 6.46. The third-order valence-electron chi connectivity index (χ3n) is 3.31. The van der Waals surface area contributed by atoms with Crippen LogP contribution >= 0.6 is 0 Å². The summed E-state index contributed by atoms with van der Waals surface area (Å²) in [6.45, 7) is 0. The molecule has 0 fully saturated rings. The maximum Gasteiger partial charge on any atom is 0.130 e. The Balaban J connectivity index is 2.12. The molecular formula is C17H15NO2. The standard InChI is InChI=1S/C17H15NO2/c1-20-16-11-15(17(19)12-7-3-2-4-8-12)18-14-10-6-5-9-13(14)16/h2-11,17,19H,1H3/t17-/m1/s1. The molecule has 3 aromatic rings. The summed E-state index contributed by atoms with van der Waals surface area (Å²) in [6, 6.07) is 19.0. The van der Waals surface area contributed by atoms with Crippen LogP contribution in [0, 0.1) is 0 Å². The van der Waals surface area contributed by atoms with E-state index in [1.165, 1.54) is 0 Å². The zero-order valence-corrected chi connectivity index (χ0v) is 11.2. The van der Waals surface area contributed by atoms with Crippen LogP contribution in [0.1, 0.15) is 17.4 Å². The quantitative estimate of drug-likeness (QED) is 0.790. The molecule has 0 aliphatic carbocycles. The van der Waals surface area contributed by atoms with Gasteiger partial charge in [-0.2, -0.15) is 0 Å². The monoisotopic (exact) mass is 265 g/mol. The number of ether oxygens (including phenoxy) is 1. The number of para-hydroxylation sites is 1. The van der Waals surface area contributed by atoms with Crippen molar-refractivity contribution in [3.63, 3.8) is 0 Å². The Morgan fingerprint density at radius 1 is 1.00 bits per heavy atom. The van der Waals surface area contributed by atoms with Crippen LogP contribution in [0.25, 0.3) is 10.9 Å². The molecule has 3 nitrogen and oxygen atoms in total. The summed E-state index contributed by atoms with van der Waals surface area (Å²) in [5.74, 6) is 0.723. The fourth-order valence-electron chi connectivity index (χ4n) is 2.28. The third-order valence-corrected chi connectivity index (χ3v) is 3.31. The van der Waals surface area contributed by atoms with Crippen molar-refractivity contribution in [2.24, 2.45) is 0 Å². The van der Waals surface area contributed by atoms with Crippen molar-refractivity contribution < 1.29 is 9.84 Å². The number of aliphatic hydroxyl groups excluding tert-OH is 1. The second-order valence-corrected chi connectivity index (χ2v) is 4.58. The van der Waals surface area contributed by atoms with Gasteiger partial charge in [-0.25, -0.2) is 4.98 Å². The SMILES string of the molecule is COc1cc([C@H](O)c2ccccc2)nc2ccccc12. The number of fused-ring (bicyclic) bond motifs is 1. The smallest absolute Gasteiger partial charge is 0.130 e. The Kier molecular flexibility index (Phi) is 3.35. The Morgan fingerprint density at radius 3 is 2.45 bits per heavy atom. The molecule has 3 heteroatoms. The van der Waals surface area contributed by atoms with Crippen molar-refractivity contribution in [3.05, 3.63) is 71.9 Å². The largest absolute Gasteiger partial charge is 0.496 e. The van der Waals surface area contributed by atoms with E-state index in [9.17, 15) is 5.11 Å². The summed E-state index contributed by atoms with van der Waals surface area (Å²) in [7, 11) is 1.63. The van der Waals surface area contributed by atoms with Gasteiger partial charge in [0.25, 0.3) is 0 Å². The van der Waals surface area contributed by atoms with Crippen LogP contribution in [-0.4, -0.2) is 17.2 Å². The highest BCUT2D eigenvalue weighted by molar-refractivity contribution is 5.85. The molecule has 100 valence electrons. The van der Waals surface area contributed by atoms with Crippen LogP contribution < -0.4 is 4.74 Å². The fourth-order valence-corrected chi connectivity index (χ4v) is 2.28. The van der Waals surface area contributed by atoms with E-state index in [1.807, 2.05) is 54.6 Å². The highest BCUT2D eigenvalue weighted by Crippen LogP contribution is 2.29. The summed E-state index contributed by atoms with van der Waals surface area (Å²) in [5, 5.41) is 11.4. The molecule has 3 rings (SSSR count). The summed E-state index contributed by atoms with van der Waals surface area (Å²) in [5.41, 5.74) is 2.22. The number of hydrogen-bond acceptors (Lipinski definition) is 3. The zero-order chi connectivity index (χ0) is 13.9. The number of benzene rings is 2. The lowest BCUT2D eigenvalue weighted by Crippen LogP contribution is -2.03.